The fourth-order valence-corrected chi connectivity index (χ4v) is 1.50. The highest BCUT2D eigenvalue weighted by atomic mass is 16.8. The topological polar surface area (TPSA) is 65.0 Å². The molecule has 2 atom stereocenters. The Morgan fingerprint density at radius 3 is 2.71 bits per heavy atom. The van der Waals surface area contributed by atoms with Gasteiger partial charge in [0.05, 0.1) is 6.61 Å². The van der Waals surface area contributed by atoms with Gasteiger partial charge < -0.3 is 19.3 Å². The van der Waals surface area contributed by atoms with E-state index < -0.39 is 17.9 Å². The molecule has 0 saturated carbocycles. The highest BCUT2D eigenvalue weighted by Crippen LogP contribution is 2.28. The first-order valence-electron chi connectivity index (χ1n) is 4.41. The lowest BCUT2D eigenvalue weighted by atomic mass is 10.2. The fourth-order valence-electron chi connectivity index (χ4n) is 1.50. The van der Waals surface area contributed by atoms with Crippen molar-refractivity contribution in [2.75, 3.05) is 6.61 Å². The Labute approximate surface area is 81.3 Å². The molecule has 2 unspecified atom stereocenters. The number of rotatable bonds is 1. The smallest absolute Gasteiger partial charge is 0.373 e. The van der Waals surface area contributed by atoms with E-state index in [9.17, 15) is 4.79 Å². The van der Waals surface area contributed by atoms with E-state index >= 15 is 0 Å². The van der Waals surface area contributed by atoms with E-state index in [0.717, 1.165) is 0 Å². The molecule has 5 heteroatoms. The Morgan fingerprint density at radius 2 is 2.29 bits per heavy atom. The van der Waals surface area contributed by atoms with Gasteiger partial charge in [0.1, 0.15) is 6.10 Å². The van der Waals surface area contributed by atoms with E-state index in [-0.39, 0.29) is 11.9 Å². The third-order valence-corrected chi connectivity index (χ3v) is 2.17. The molecular formula is C9H12O5. The number of hydrogen-bond donors (Lipinski definition) is 1. The van der Waals surface area contributed by atoms with E-state index in [0.29, 0.717) is 6.61 Å². The molecule has 1 N–H and O–H groups in total. The van der Waals surface area contributed by atoms with Crippen molar-refractivity contribution in [1.29, 1.82) is 0 Å². The van der Waals surface area contributed by atoms with Gasteiger partial charge in [0.15, 0.2) is 11.9 Å². The monoisotopic (exact) mass is 200 g/mol. The molecule has 14 heavy (non-hydrogen) atoms. The molecule has 0 radical (unpaired) electrons. The van der Waals surface area contributed by atoms with Gasteiger partial charge in [-0.3, -0.25) is 0 Å². The normalized spacial score (nSPS) is 35.6. The van der Waals surface area contributed by atoms with Gasteiger partial charge in [0, 0.05) is 6.08 Å². The predicted molar refractivity (Wildman–Crippen MR) is 45.5 cm³/mol. The molecule has 0 bridgehead atoms. The zero-order chi connectivity index (χ0) is 10.3. The Bertz CT molecular complexity index is 294. The second kappa shape index (κ2) is 2.96. The molecule has 0 aromatic carbocycles. The first-order chi connectivity index (χ1) is 6.48. The Morgan fingerprint density at radius 1 is 1.57 bits per heavy atom. The van der Waals surface area contributed by atoms with Crippen LogP contribution in [0.3, 0.4) is 0 Å². The molecule has 0 aromatic rings. The number of ether oxygens (including phenoxy) is 3. The molecule has 0 spiro atoms. The first-order valence-corrected chi connectivity index (χ1v) is 4.41. The highest BCUT2D eigenvalue weighted by Gasteiger charge is 2.41. The van der Waals surface area contributed by atoms with Crippen LogP contribution in [-0.2, 0) is 19.0 Å². The standard InChI is InChI=1S/C9H12O5/c1-9(2)12-4-7(14-9)6-3-5(10)8(11)13-6/h3,6-7,10H,4H2,1-2H3. The molecule has 2 heterocycles. The molecule has 1 fully saturated rings. The van der Waals surface area contributed by atoms with Crippen LogP contribution >= 0.6 is 0 Å². The lowest BCUT2D eigenvalue weighted by Gasteiger charge is -2.19. The summed E-state index contributed by atoms with van der Waals surface area (Å²) < 4.78 is 15.6. The molecule has 0 amide bonds. The minimum absolute atomic E-state index is 0.335. The molecule has 78 valence electrons. The summed E-state index contributed by atoms with van der Waals surface area (Å²) in [6, 6.07) is 0. The van der Waals surface area contributed by atoms with Crippen LogP contribution < -0.4 is 0 Å². The first kappa shape index (κ1) is 9.48. The number of hydrogen-bond acceptors (Lipinski definition) is 5. The molecule has 2 rings (SSSR count). The van der Waals surface area contributed by atoms with Crippen molar-refractivity contribution in [3.05, 3.63) is 11.8 Å². The van der Waals surface area contributed by atoms with Crippen molar-refractivity contribution < 1.29 is 24.1 Å². The summed E-state index contributed by atoms with van der Waals surface area (Å²) in [6.45, 7) is 3.93. The molecular weight excluding hydrogens is 188 g/mol. The number of aliphatic hydroxyl groups excluding tert-OH is 1. The second-order valence-corrected chi connectivity index (χ2v) is 3.79. The summed E-state index contributed by atoms with van der Waals surface area (Å²) in [7, 11) is 0. The van der Waals surface area contributed by atoms with Gasteiger partial charge in [-0.1, -0.05) is 0 Å². The quantitative estimate of drug-likeness (QED) is 0.624. The molecule has 0 aliphatic carbocycles. The van der Waals surface area contributed by atoms with Crippen molar-refractivity contribution in [1.82, 2.24) is 0 Å². The zero-order valence-electron chi connectivity index (χ0n) is 8.02. The summed E-state index contributed by atoms with van der Waals surface area (Å²) in [6.07, 6.45) is 0.473. The second-order valence-electron chi connectivity index (χ2n) is 3.79. The van der Waals surface area contributed by atoms with Crippen molar-refractivity contribution in [2.45, 2.75) is 31.8 Å². The highest BCUT2D eigenvalue weighted by molar-refractivity contribution is 5.88. The Kier molecular flexibility index (Phi) is 2.01. The van der Waals surface area contributed by atoms with Crippen molar-refractivity contribution in [2.24, 2.45) is 0 Å². The van der Waals surface area contributed by atoms with Crippen LogP contribution in [0.25, 0.3) is 0 Å². The average Bonchev–Trinajstić information content (AvgIpc) is 2.57. The largest absolute Gasteiger partial charge is 0.502 e. The Balaban J connectivity index is 2.03. The van der Waals surface area contributed by atoms with Gasteiger partial charge in [-0.05, 0) is 13.8 Å². The molecule has 0 aromatic heterocycles. The van der Waals surface area contributed by atoms with Crippen LogP contribution in [0.4, 0.5) is 0 Å². The van der Waals surface area contributed by atoms with Crippen LogP contribution in [0.5, 0.6) is 0 Å². The number of esters is 1. The van der Waals surface area contributed by atoms with Gasteiger partial charge in [-0.25, -0.2) is 4.79 Å². The van der Waals surface area contributed by atoms with Crippen LogP contribution in [0.15, 0.2) is 11.8 Å². The zero-order valence-corrected chi connectivity index (χ0v) is 8.02. The number of carbonyl (C=O) groups is 1. The number of carbonyl (C=O) groups excluding carboxylic acids is 1. The summed E-state index contributed by atoms with van der Waals surface area (Å²) in [5, 5.41) is 9.05. The maximum absolute atomic E-state index is 10.9. The number of aliphatic hydroxyl groups is 1. The van der Waals surface area contributed by atoms with E-state index in [1.807, 2.05) is 0 Å². The summed E-state index contributed by atoms with van der Waals surface area (Å²) in [5.41, 5.74) is 0. The van der Waals surface area contributed by atoms with E-state index in [1.54, 1.807) is 13.8 Å². The van der Waals surface area contributed by atoms with Crippen LogP contribution in [-0.4, -0.2) is 35.7 Å². The van der Waals surface area contributed by atoms with Gasteiger partial charge in [0.2, 0.25) is 5.76 Å². The minimum atomic E-state index is -0.705. The summed E-state index contributed by atoms with van der Waals surface area (Å²) in [5.74, 6) is -1.71. The summed E-state index contributed by atoms with van der Waals surface area (Å²) in [4.78, 5) is 10.9. The van der Waals surface area contributed by atoms with Gasteiger partial charge in [0.25, 0.3) is 0 Å². The lowest BCUT2D eigenvalue weighted by Crippen LogP contribution is -2.30. The van der Waals surface area contributed by atoms with Crippen LogP contribution in [0.2, 0.25) is 0 Å². The van der Waals surface area contributed by atoms with Crippen molar-refractivity contribution >= 4 is 5.97 Å². The predicted octanol–water partition coefficient (Wildman–Crippen LogP) is 0.505. The lowest BCUT2D eigenvalue weighted by molar-refractivity contribution is -0.160. The van der Waals surface area contributed by atoms with Gasteiger partial charge in [-0.2, -0.15) is 0 Å². The SMILES string of the molecule is CC1(C)OCC(C2C=C(O)C(=O)O2)O1. The van der Waals surface area contributed by atoms with Crippen LogP contribution in [0, 0.1) is 0 Å². The van der Waals surface area contributed by atoms with E-state index in [2.05, 4.69) is 0 Å². The molecule has 2 aliphatic rings. The van der Waals surface area contributed by atoms with Crippen LogP contribution in [0.1, 0.15) is 13.8 Å². The van der Waals surface area contributed by atoms with Gasteiger partial charge >= 0.3 is 5.97 Å². The average molecular weight is 200 g/mol. The molecule has 1 saturated heterocycles. The van der Waals surface area contributed by atoms with Gasteiger partial charge in [-0.15, -0.1) is 0 Å². The molecule has 5 nitrogen and oxygen atoms in total. The fraction of sp³-hybridized carbons (Fsp3) is 0.667. The van der Waals surface area contributed by atoms with Crippen molar-refractivity contribution in [3.63, 3.8) is 0 Å². The third-order valence-electron chi connectivity index (χ3n) is 2.17. The Hall–Kier alpha value is -1.07. The van der Waals surface area contributed by atoms with Crippen molar-refractivity contribution in [3.8, 4) is 0 Å². The maximum Gasteiger partial charge on any atom is 0.373 e. The third kappa shape index (κ3) is 1.60. The van der Waals surface area contributed by atoms with E-state index in [4.69, 9.17) is 19.3 Å². The maximum atomic E-state index is 10.9. The van der Waals surface area contributed by atoms with E-state index in [1.165, 1.54) is 6.08 Å². The number of cyclic esters (lactones) is 1. The molecule has 2 aliphatic heterocycles. The summed E-state index contributed by atoms with van der Waals surface area (Å²) >= 11 is 0. The minimum Gasteiger partial charge on any atom is -0.502 e.